The van der Waals surface area contributed by atoms with Crippen molar-refractivity contribution < 1.29 is 24.2 Å². The summed E-state index contributed by atoms with van der Waals surface area (Å²) in [5.41, 5.74) is -0.161. The molecular weight excluding hydrogens is 288 g/mol. The van der Waals surface area contributed by atoms with Crippen LogP contribution in [0.15, 0.2) is 12.3 Å². The Balaban J connectivity index is 1.82. The van der Waals surface area contributed by atoms with Crippen LogP contribution in [0.4, 0.5) is 0 Å². The Morgan fingerprint density at radius 3 is 2.82 bits per heavy atom. The first-order valence-electron chi connectivity index (χ1n) is 7.24. The van der Waals surface area contributed by atoms with E-state index in [9.17, 15) is 19.5 Å². The van der Waals surface area contributed by atoms with Gasteiger partial charge in [0.2, 0.25) is 0 Å². The van der Waals surface area contributed by atoms with Crippen LogP contribution in [0.1, 0.15) is 34.2 Å². The molecule has 0 saturated carbocycles. The zero-order valence-electron chi connectivity index (χ0n) is 12.3. The van der Waals surface area contributed by atoms with E-state index in [2.05, 4.69) is 4.98 Å². The zero-order valence-corrected chi connectivity index (χ0v) is 12.3. The molecule has 2 aliphatic heterocycles. The van der Waals surface area contributed by atoms with Crippen molar-refractivity contribution in [3.8, 4) is 0 Å². The van der Waals surface area contributed by atoms with Gasteiger partial charge in [0, 0.05) is 37.4 Å². The van der Waals surface area contributed by atoms with E-state index in [1.807, 2.05) is 0 Å². The molecule has 0 unspecified atom stereocenters. The molecule has 7 nitrogen and oxygen atoms in total. The number of ketones is 1. The van der Waals surface area contributed by atoms with Crippen molar-refractivity contribution >= 4 is 17.7 Å². The maximum Gasteiger partial charge on any atom is 0.311 e. The maximum absolute atomic E-state index is 12.5. The molecule has 1 amide bonds. The number of carboxylic acids is 1. The molecule has 0 bridgehead atoms. The van der Waals surface area contributed by atoms with Crippen molar-refractivity contribution in [2.24, 2.45) is 11.3 Å². The molecule has 2 saturated heterocycles. The predicted octanol–water partition coefficient (Wildman–Crippen LogP) is 0.781. The van der Waals surface area contributed by atoms with Crippen LogP contribution in [0.25, 0.3) is 0 Å². The van der Waals surface area contributed by atoms with E-state index in [4.69, 9.17) is 4.74 Å². The van der Waals surface area contributed by atoms with Crippen LogP contribution in [0.5, 0.6) is 0 Å². The lowest BCUT2D eigenvalue weighted by atomic mass is 9.74. The summed E-state index contributed by atoms with van der Waals surface area (Å²) in [4.78, 5) is 39.9. The van der Waals surface area contributed by atoms with E-state index >= 15 is 0 Å². The second kappa shape index (κ2) is 5.24. The Kier molecular flexibility index (Phi) is 3.52. The van der Waals surface area contributed by atoms with Gasteiger partial charge in [-0.2, -0.15) is 0 Å². The fourth-order valence-corrected chi connectivity index (χ4v) is 3.35. The van der Waals surface area contributed by atoms with Crippen molar-refractivity contribution in [3.63, 3.8) is 0 Å². The third-order valence-electron chi connectivity index (χ3n) is 4.74. The monoisotopic (exact) mass is 306 g/mol. The quantitative estimate of drug-likeness (QED) is 0.804. The Morgan fingerprint density at radius 2 is 2.23 bits per heavy atom. The molecule has 3 heterocycles. The standard InChI is InChI=1S/C15H18N2O5/c1-9(18)10-4-12(16-5-10)13(19)17-6-11-7-22-3-2-15(11,8-17)14(20)21/h4-5,11,16H,2-3,6-8H2,1H3,(H,20,21)/t11-,15+/m0/s1. The third kappa shape index (κ3) is 2.21. The summed E-state index contributed by atoms with van der Waals surface area (Å²) in [5.74, 6) is -1.46. The van der Waals surface area contributed by atoms with Gasteiger partial charge in [0.1, 0.15) is 5.69 Å². The first-order chi connectivity index (χ1) is 10.4. The summed E-state index contributed by atoms with van der Waals surface area (Å²) in [6, 6.07) is 1.51. The van der Waals surface area contributed by atoms with E-state index in [1.54, 1.807) is 4.90 Å². The van der Waals surface area contributed by atoms with Crippen LogP contribution in [-0.4, -0.2) is 59.0 Å². The average Bonchev–Trinajstić information content (AvgIpc) is 3.11. The molecule has 2 aliphatic rings. The van der Waals surface area contributed by atoms with Crippen LogP contribution in [0, 0.1) is 11.3 Å². The number of ether oxygens (including phenoxy) is 1. The fourth-order valence-electron chi connectivity index (χ4n) is 3.35. The summed E-state index contributed by atoms with van der Waals surface area (Å²) in [5, 5.41) is 9.60. The molecule has 0 aliphatic carbocycles. The number of nitrogens with zero attached hydrogens (tertiary/aromatic N) is 1. The van der Waals surface area contributed by atoms with Crippen LogP contribution in [0.3, 0.4) is 0 Å². The molecule has 118 valence electrons. The lowest BCUT2D eigenvalue weighted by molar-refractivity contribution is -0.157. The number of hydrogen-bond acceptors (Lipinski definition) is 4. The lowest BCUT2D eigenvalue weighted by Gasteiger charge is -2.33. The highest BCUT2D eigenvalue weighted by Gasteiger charge is 2.55. The van der Waals surface area contributed by atoms with Crippen molar-refractivity contribution in [2.75, 3.05) is 26.3 Å². The SMILES string of the molecule is CC(=O)c1c[nH]c(C(=O)N2C[C@H]3COCC[C@@]3(C(=O)O)C2)c1. The molecule has 7 heteroatoms. The van der Waals surface area contributed by atoms with E-state index in [0.717, 1.165) is 0 Å². The van der Waals surface area contributed by atoms with Crippen molar-refractivity contribution in [1.29, 1.82) is 0 Å². The largest absolute Gasteiger partial charge is 0.481 e. The topological polar surface area (TPSA) is 99.7 Å². The highest BCUT2D eigenvalue weighted by Crippen LogP contribution is 2.42. The van der Waals surface area contributed by atoms with Gasteiger partial charge in [-0.25, -0.2) is 0 Å². The van der Waals surface area contributed by atoms with E-state index in [-0.39, 0.29) is 24.2 Å². The number of carboxylic acid groups (broad SMARTS) is 1. The number of carbonyl (C=O) groups is 3. The van der Waals surface area contributed by atoms with Crippen LogP contribution in [0.2, 0.25) is 0 Å². The van der Waals surface area contributed by atoms with Crippen molar-refractivity contribution in [3.05, 3.63) is 23.5 Å². The minimum absolute atomic E-state index is 0.124. The summed E-state index contributed by atoms with van der Waals surface area (Å²) < 4.78 is 5.37. The molecule has 0 radical (unpaired) electrons. The molecule has 2 fully saturated rings. The number of aromatic amines is 1. The van der Waals surface area contributed by atoms with Crippen molar-refractivity contribution in [1.82, 2.24) is 9.88 Å². The number of fused-ring (bicyclic) bond motifs is 1. The Bertz CT molecular complexity index is 638. The zero-order chi connectivity index (χ0) is 15.9. The molecule has 3 rings (SSSR count). The van der Waals surface area contributed by atoms with Gasteiger partial charge in [0.15, 0.2) is 5.78 Å². The normalized spacial score (nSPS) is 27.5. The summed E-state index contributed by atoms with van der Waals surface area (Å²) in [6.07, 6.45) is 1.91. The fraction of sp³-hybridized carbons (Fsp3) is 0.533. The van der Waals surface area contributed by atoms with E-state index in [0.29, 0.717) is 37.4 Å². The van der Waals surface area contributed by atoms with Crippen molar-refractivity contribution in [2.45, 2.75) is 13.3 Å². The van der Waals surface area contributed by atoms with Gasteiger partial charge < -0.3 is 19.7 Å². The number of aromatic nitrogens is 1. The second-order valence-corrected chi connectivity index (χ2v) is 6.03. The van der Waals surface area contributed by atoms with Crippen LogP contribution in [-0.2, 0) is 9.53 Å². The molecule has 1 aromatic heterocycles. The van der Waals surface area contributed by atoms with E-state index < -0.39 is 11.4 Å². The minimum Gasteiger partial charge on any atom is -0.481 e. The Morgan fingerprint density at radius 1 is 1.45 bits per heavy atom. The van der Waals surface area contributed by atoms with E-state index in [1.165, 1.54) is 19.2 Å². The number of carbonyl (C=O) groups excluding carboxylic acids is 2. The number of H-pyrrole nitrogens is 1. The lowest BCUT2D eigenvalue weighted by Crippen LogP contribution is -2.45. The minimum atomic E-state index is -0.913. The van der Waals surface area contributed by atoms with Gasteiger partial charge in [-0.1, -0.05) is 0 Å². The van der Waals surface area contributed by atoms with Crippen LogP contribution < -0.4 is 0 Å². The number of aliphatic carboxylic acids is 1. The average molecular weight is 306 g/mol. The number of likely N-dealkylation sites (tertiary alicyclic amines) is 1. The summed E-state index contributed by atoms with van der Waals surface area (Å²) in [7, 11) is 0. The smallest absolute Gasteiger partial charge is 0.311 e. The van der Waals surface area contributed by atoms with Gasteiger partial charge in [0.25, 0.3) is 5.91 Å². The first-order valence-corrected chi connectivity index (χ1v) is 7.24. The molecule has 0 spiro atoms. The van der Waals surface area contributed by atoms with Gasteiger partial charge in [-0.05, 0) is 19.4 Å². The number of hydrogen-bond donors (Lipinski definition) is 2. The van der Waals surface area contributed by atoms with Gasteiger partial charge in [-0.15, -0.1) is 0 Å². The first kappa shape index (κ1) is 14.8. The van der Waals surface area contributed by atoms with Gasteiger partial charge >= 0.3 is 5.97 Å². The second-order valence-electron chi connectivity index (χ2n) is 6.03. The number of nitrogens with one attached hydrogen (secondary N) is 1. The highest BCUT2D eigenvalue weighted by molar-refractivity contribution is 5.99. The van der Waals surface area contributed by atoms with Gasteiger partial charge in [-0.3, -0.25) is 14.4 Å². The molecular formula is C15H18N2O5. The molecule has 1 aromatic rings. The number of Topliss-reactive ketones (excluding diaryl/α,β-unsaturated/α-hetero) is 1. The molecule has 0 aromatic carbocycles. The molecule has 2 atom stereocenters. The predicted molar refractivity (Wildman–Crippen MR) is 75.7 cm³/mol. The third-order valence-corrected chi connectivity index (χ3v) is 4.74. The van der Waals surface area contributed by atoms with Gasteiger partial charge in [0.05, 0.1) is 12.0 Å². The molecule has 22 heavy (non-hydrogen) atoms. The summed E-state index contributed by atoms with van der Waals surface area (Å²) >= 11 is 0. The highest BCUT2D eigenvalue weighted by atomic mass is 16.5. The number of amides is 1. The Labute approximate surface area is 127 Å². The molecule has 2 N–H and O–H groups in total. The number of rotatable bonds is 3. The summed E-state index contributed by atoms with van der Waals surface area (Å²) in [6.45, 7) is 2.74. The van der Waals surface area contributed by atoms with Crippen LogP contribution >= 0.6 is 0 Å². The Hall–Kier alpha value is -2.15. The maximum atomic E-state index is 12.5.